The summed E-state index contributed by atoms with van der Waals surface area (Å²) in [4.78, 5) is 4.51. The summed E-state index contributed by atoms with van der Waals surface area (Å²) in [6, 6.07) is 9.97. The fourth-order valence-electron chi connectivity index (χ4n) is 1.81. The Hall–Kier alpha value is -0.870. The molecule has 2 nitrogen and oxygen atoms in total. The molecular weight excluding hydrogens is 370 g/mol. The number of benzene rings is 1. The second-order valence-corrected chi connectivity index (χ2v) is 5.72. The number of hydrogen-bond acceptors (Lipinski definition) is 2. The van der Waals surface area contributed by atoms with Gasteiger partial charge in [-0.3, -0.25) is 4.98 Å². The molecular formula is C15H15Br2NO. The van der Waals surface area contributed by atoms with Crippen LogP contribution in [-0.4, -0.2) is 4.98 Å². The second-order valence-electron chi connectivity index (χ2n) is 4.24. The Morgan fingerprint density at radius 3 is 2.58 bits per heavy atom. The van der Waals surface area contributed by atoms with Crippen LogP contribution in [0.25, 0.3) is 0 Å². The molecule has 0 aliphatic rings. The average Bonchev–Trinajstić information content (AvgIpc) is 2.42. The highest BCUT2D eigenvalue weighted by molar-refractivity contribution is 9.10. The minimum atomic E-state index is 0.753. The molecule has 0 N–H and O–H groups in total. The Labute approximate surface area is 130 Å². The highest BCUT2D eigenvalue weighted by atomic mass is 79.9. The van der Waals surface area contributed by atoms with Gasteiger partial charge in [0.05, 0.1) is 5.69 Å². The van der Waals surface area contributed by atoms with Crippen LogP contribution in [0.5, 0.6) is 11.5 Å². The van der Waals surface area contributed by atoms with Gasteiger partial charge in [-0.15, -0.1) is 0 Å². The van der Waals surface area contributed by atoms with Gasteiger partial charge in [-0.25, -0.2) is 0 Å². The lowest BCUT2D eigenvalue weighted by molar-refractivity contribution is 0.469. The number of pyridine rings is 1. The van der Waals surface area contributed by atoms with Gasteiger partial charge in [0, 0.05) is 21.1 Å². The SMILES string of the molecule is CCc1nc(C)ccc1Oc1ccc(Br)cc1CBr. The van der Waals surface area contributed by atoms with E-state index in [1.54, 1.807) is 0 Å². The molecule has 0 aliphatic heterocycles. The van der Waals surface area contributed by atoms with Gasteiger partial charge in [0.1, 0.15) is 11.5 Å². The molecule has 2 rings (SSSR count). The normalized spacial score (nSPS) is 10.5. The molecule has 1 aromatic carbocycles. The lowest BCUT2D eigenvalue weighted by Crippen LogP contribution is -1.97. The van der Waals surface area contributed by atoms with Gasteiger partial charge in [0.2, 0.25) is 0 Å². The molecule has 100 valence electrons. The van der Waals surface area contributed by atoms with Crippen molar-refractivity contribution in [3.05, 3.63) is 51.8 Å². The maximum absolute atomic E-state index is 6.02. The molecule has 0 amide bonds. The highest BCUT2D eigenvalue weighted by Gasteiger charge is 2.09. The summed E-state index contributed by atoms with van der Waals surface area (Å²) in [7, 11) is 0. The van der Waals surface area contributed by atoms with Crippen LogP contribution >= 0.6 is 31.9 Å². The van der Waals surface area contributed by atoms with Gasteiger partial charge in [0.25, 0.3) is 0 Å². The third-order valence-electron chi connectivity index (χ3n) is 2.79. The van der Waals surface area contributed by atoms with Crippen molar-refractivity contribution in [3.63, 3.8) is 0 Å². The summed E-state index contributed by atoms with van der Waals surface area (Å²) in [5.41, 5.74) is 3.11. The van der Waals surface area contributed by atoms with Crippen LogP contribution < -0.4 is 4.74 Å². The lowest BCUT2D eigenvalue weighted by atomic mass is 10.2. The predicted molar refractivity (Wildman–Crippen MR) is 85.2 cm³/mol. The van der Waals surface area contributed by atoms with Crippen LogP contribution in [0.3, 0.4) is 0 Å². The zero-order chi connectivity index (χ0) is 13.8. The van der Waals surface area contributed by atoms with Gasteiger partial charge < -0.3 is 4.74 Å². The fourth-order valence-corrected chi connectivity index (χ4v) is 2.66. The molecule has 0 fully saturated rings. The molecule has 2 aromatic rings. The number of alkyl halides is 1. The maximum atomic E-state index is 6.02. The Morgan fingerprint density at radius 2 is 1.89 bits per heavy atom. The summed E-state index contributed by atoms with van der Waals surface area (Å²) in [5.74, 6) is 1.69. The molecule has 0 atom stereocenters. The zero-order valence-electron chi connectivity index (χ0n) is 10.9. The Kier molecular flexibility index (Phi) is 4.99. The van der Waals surface area contributed by atoms with Crippen molar-refractivity contribution in [1.29, 1.82) is 0 Å². The van der Waals surface area contributed by atoms with Crippen LogP contribution in [0.2, 0.25) is 0 Å². The largest absolute Gasteiger partial charge is 0.455 e. The summed E-state index contributed by atoms with van der Waals surface area (Å²) < 4.78 is 7.07. The summed E-state index contributed by atoms with van der Waals surface area (Å²) in [6.07, 6.45) is 0.858. The Bertz CT molecular complexity index is 533. The minimum absolute atomic E-state index is 0.753. The van der Waals surface area contributed by atoms with Crippen LogP contribution in [0.15, 0.2) is 34.8 Å². The third kappa shape index (κ3) is 3.57. The van der Waals surface area contributed by atoms with Gasteiger partial charge >= 0.3 is 0 Å². The van der Waals surface area contributed by atoms with Crippen LogP contribution in [-0.2, 0) is 11.8 Å². The molecule has 0 radical (unpaired) electrons. The quantitative estimate of drug-likeness (QED) is 0.658. The number of halogens is 2. The van der Waals surface area contributed by atoms with Crippen LogP contribution in [0.1, 0.15) is 23.9 Å². The summed E-state index contributed by atoms with van der Waals surface area (Å²) >= 11 is 6.96. The van der Waals surface area contributed by atoms with Crippen molar-refractivity contribution in [3.8, 4) is 11.5 Å². The van der Waals surface area contributed by atoms with Crippen LogP contribution in [0, 0.1) is 6.92 Å². The molecule has 0 aliphatic carbocycles. The van der Waals surface area contributed by atoms with Crippen molar-refractivity contribution in [2.24, 2.45) is 0 Å². The van der Waals surface area contributed by atoms with E-state index in [-0.39, 0.29) is 0 Å². The first kappa shape index (κ1) is 14.5. The molecule has 0 saturated carbocycles. The van der Waals surface area contributed by atoms with Crippen molar-refractivity contribution in [2.45, 2.75) is 25.6 Å². The highest BCUT2D eigenvalue weighted by Crippen LogP contribution is 2.31. The average molecular weight is 385 g/mol. The molecule has 1 heterocycles. The first-order valence-corrected chi connectivity index (χ1v) is 8.04. The van der Waals surface area contributed by atoms with Gasteiger partial charge in [0.15, 0.2) is 0 Å². The van der Waals surface area contributed by atoms with E-state index < -0.39 is 0 Å². The van der Waals surface area contributed by atoms with Crippen molar-refractivity contribution >= 4 is 31.9 Å². The predicted octanol–water partition coefficient (Wildman–Crippen LogP) is 5.40. The molecule has 0 spiro atoms. The second kappa shape index (κ2) is 6.53. The molecule has 19 heavy (non-hydrogen) atoms. The number of rotatable bonds is 4. The lowest BCUT2D eigenvalue weighted by Gasteiger charge is -2.13. The van der Waals surface area contributed by atoms with E-state index in [1.807, 2.05) is 31.2 Å². The third-order valence-corrected chi connectivity index (χ3v) is 3.89. The van der Waals surface area contributed by atoms with E-state index >= 15 is 0 Å². The molecule has 0 unspecified atom stereocenters. The van der Waals surface area contributed by atoms with E-state index in [9.17, 15) is 0 Å². The van der Waals surface area contributed by atoms with Gasteiger partial charge in [-0.05, 0) is 43.7 Å². The van der Waals surface area contributed by atoms with E-state index in [2.05, 4.69) is 49.8 Å². The standard InChI is InChI=1S/C15H15Br2NO/c1-3-13-15(6-4-10(2)18-13)19-14-7-5-12(17)8-11(14)9-16/h4-8H,3,9H2,1-2H3. The fraction of sp³-hybridized carbons (Fsp3) is 0.267. The van der Waals surface area contributed by atoms with Crippen molar-refractivity contribution < 1.29 is 4.74 Å². The molecule has 1 aromatic heterocycles. The maximum Gasteiger partial charge on any atom is 0.148 e. The Balaban J connectivity index is 2.36. The number of aromatic nitrogens is 1. The smallest absolute Gasteiger partial charge is 0.148 e. The first-order chi connectivity index (χ1) is 9.13. The van der Waals surface area contributed by atoms with Crippen LogP contribution in [0.4, 0.5) is 0 Å². The molecule has 0 bridgehead atoms. The Morgan fingerprint density at radius 1 is 1.16 bits per heavy atom. The van der Waals surface area contributed by atoms with E-state index in [4.69, 9.17) is 4.74 Å². The van der Waals surface area contributed by atoms with E-state index in [0.29, 0.717) is 0 Å². The van der Waals surface area contributed by atoms with Crippen molar-refractivity contribution in [2.75, 3.05) is 0 Å². The number of aryl methyl sites for hydroxylation is 2. The number of hydrogen-bond donors (Lipinski definition) is 0. The van der Waals surface area contributed by atoms with Gasteiger partial charge in [-0.1, -0.05) is 38.8 Å². The summed E-state index contributed by atoms with van der Waals surface area (Å²) in [5, 5.41) is 0.753. The van der Waals surface area contributed by atoms with Crippen molar-refractivity contribution in [1.82, 2.24) is 4.98 Å². The monoisotopic (exact) mass is 383 g/mol. The molecule has 0 saturated heterocycles. The first-order valence-electron chi connectivity index (χ1n) is 6.12. The summed E-state index contributed by atoms with van der Waals surface area (Å²) in [6.45, 7) is 4.08. The number of nitrogens with zero attached hydrogens (tertiary/aromatic N) is 1. The zero-order valence-corrected chi connectivity index (χ0v) is 14.1. The number of ether oxygens (including phenoxy) is 1. The minimum Gasteiger partial charge on any atom is -0.455 e. The van der Waals surface area contributed by atoms with E-state index in [0.717, 1.165) is 44.7 Å². The van der Waals surface area contributed by atoms with E-state index in [1.165, 1.54) is 0 Å². The van der Waals surface area contributed by atoms with Gasteiger partial charge in [-0.2, -0.15) is 0 Å². The topological polar surface area (TPSA) is 22.1 Å². The molecule has 4 heteroatoms.